The second kappa shape index (κ2) is 9.35. The summed E-state index contributed by atoms with van der Waals surface area (Å²) in [6.07, 6.45) is 6.99. The number of hydrogen-bond donors (Lipinski definition) is 2. The maximum Gasteiger partial charge on any atom is 0.261 e. The Morgan fingerprint density at radius 3 is 2.89 bits per heavy atom. The molecule has 1 amide bonds. The third-order valence-corrected chi connectivity index (χ3v) is 6.06. The van der Waals surface area contributed by atoms with E-state index in [1.54, 1.807) is 36.3 Å². The first-order chi connectivity index (χ1) is 16.9. The molecule has 0 saturated carbocycles. The van der Waals surface area contributed by atoms with Gasteiger partial charge in [0.05, 0.1) is 48.0 Å². The molecule has 10 nitrogen and oxygen atoms in total. The first-order valence-corrected chi connectivity index (χ1v) is 11.1. The van der Waals surface area contributed by atoms with Crippen molar-refractivity contribution in [2.45, 2.75) is 25.1 Å². The highest BCUT2D eigenvalue weighted by molar-refractivity contribution is 6.04. The molecular formula is C24H23FN6O4. The van der Waals surface area contributed by atoms with Crippen molar-refractivity contribution in [3.63, 3.8) is 0 Å². The van der Waals surface area contributed by atoms with Gasteiger partial charge in [-0.2, -0.15) is 5.10 Å². The number of benzene rings is 1. The van der Waals surface area contributed by atoms with E-state index in [0.717, 1.165) is 5.56 Å². The summed E-state index contributed by atoms with van der Waals surface area (Å²) in [4.78, 5) is 34.3. The number of aromatic nitrogens is 5. The van der Waals surface area contributed by atoms with Crippen molar-refractivity contribution in [1.29, 1.82) is 0 Å². The predicted octanol–water partition coefficient (Wildman–Crippen LogP) is 1.26. The van der Waals surface area contributed by atoms with Gasteiger partial charge in [-0.15, -0.1) is 0 Å². The van der Waals surface area contributed by atoms with Crippen LogP contribution in [0.3, 0.4) is 0 Å². The summed E-state index contributed by atoms with van der Waals surface area (Å²) in [6.45, 7) is 0.448. The lowest BCUT2D eigenvalue weighted by Gasteiger charge is -2.28. The van der Waals surface area contributed by atoms with Gasteiger partial charge in [-0.3, -0.25) is 14.3 Å². The van der Waals surface area contributed by atoms with Crippen LogP contribution < -0.4 is 10.9 Å². The molecule has 1 aromatic carbocycles. The van der Waals surface area contributed by atoms with Crippen molar-refractivity contribution in [1.82, 2.24) is 29.6 Å². The summed E-state index contributed by atoms with van der Waals surface area (Å²) in [5, 5.41) is 17.2. The van der Waals surface area contributed by atoms with Crippen LogP contribution in [-0.4, -0.2) is 60.7 Å². The lowest BCUT2D eigenvalue weighted by Crippen LogP contribution is -2.48. The molecule has 0 spiro atoms. The molecule has 3 aromatic heterocycles. The fourth-order valence-electron chi connectivity index (χ4n) is 4.16. The molecule has 1 aliphatic heterocycles. The van der Waals surface area contributed by atoms with E-state index in [9.17, 15) is 19.1 Å². The number of ether oxygens (including phenoxy) is 1. The minimum atomic E-state index is -0.841. The van der Waals surface area contributed by atoms with Crippen molar-refractivity contribution < 1.29 is 19.0 Å². The van der Waals surface area contributed by atoms with Gasteiger partial charge in [0, 0.05) is 43.4 Å². The molecule has 0 unspecified atom stereocenters. The number of nitrogens with zero attached hydrogens (tertiary/aromatic N) is 5. The van der Waals surface area contributed by atoms with Gasteiger partial charge in [0.1, 0.15) is 12.1 Å². The van der Waals surface area contributed by atoms with E-state index in [1.165, 1.54) is 29.4 Å². The van der Waals surface area contributed by atoms with Crippen molar-refractivity contribution in [2.24, 2.45) is 7.05 Å². The van der Waals surface area contributed by atoms with Crippen molar-refractivity contribution in [3.05, 3.63) is 76.6 Å². The zero-order valence-corrected chi connectivity index (χ0v) is 18.9. The number of aliphatic hydroxyl groups excluding tert-OH is 1. The minimum Gasteiger partial charge on any atom is -0.389 e. The zero-order chi connectivity index (χ0) is 24.5. The van der Waals surface area contributed by atoms with Gasteiger partial charge >= 0.3 is 0 Å². The number of fused-ring (bicyclic) bond motifs is 1. The molecule has 11 heteroatoms. The highest BCUT2D eigenvalue weighted by atomic mass is 19.1. The standard InChI is InChI=1S/C24H23FN6O4/c1-30-9-16(7-28-30)14-2-3-15(19(25)6-14)10-31-11-18(22-17(24(31)34)8-26-13-27-22)23(33)29-20-4-5-35-12-21(20)32/h2-3,6-9,11,13,20-21,32H,4-5,10,12H2,1H3,(H,29,33)/t20-,21-/m0/s1. The number of rotatable bonds is 5. The lowest BCUT2D eigenvalue weighted by atomic mass is 10.0. The van der Waals surface area contributed by atoms with Crippen molar-refractivity contribution >= 4 is 16.8 Å². The maximum atomic E-state index is 15.0. The van der Waals surface area contributed by atoms with Crippen LogP contribution in [0.4, 0.5) is 4.39 Å². The minimum absolute atomic E-state index is 0.0943. The number of carbonyl (C=O) groups is 1. The summed E-state index contributed by atoms with van der Waals surface area (Å²) in [7, 11) is 1.78. The summed E-state index contributed by atoms with van der Waals surface area (Å²) in [5.74, 6) is -0.986. The smallest absolute Gasteiger partial charge is 0.261 e. The Kier molecular flexibility index (Phi) is 6.10. The first-order valence-electron chi connectivity index (χ1n) is 11.1. The Balaban J connectivity index is 1.49. The van der Waals surface area contributed by atoms with Gasteiger partial charge < -0.3 is 19.7 Å². The van der Waals surface area contributed by atoms with Gasteiger partial charge in [-0.1, -0.05) is 12.1 Å². The third-order valence-electron chi connectivity index (χ3n) is 6.06. The number of hydrogen-bond acceptors (Lipinski definition) is 7. The summed E-state index contributed by atoms with van der Waals surface area (Å²) < 4.78 is 23.1. The second-order valence-electron chi connectivity index (χ2n) is 8.48. The van der Waals surface area contributed by atoms with Crippen LogP contribution in [-0.2, 0) is 18.3 Å². The maximum absolute atomic E-state index is 15.0. The summed E-state index contributed by atoms with van der Waals surface area (Å²) >= 11 is 0. The van der Waals surface area contributed by atoms with Crippen molar-refractivity contribution in [3.8, 4) is 11.1 Å². The average Bonchev–Trinajstić information content (AvgIpc) is 3.29. The molecule has 0 aliphatic carbocycles. The third kappa shape index (κ3) is 4.55. The van der Waals surface area contributed by atoms with E-state index in [-0.39, 0.29) is 35.2 Å². The Labute approximate surface area is 199 Å². The van der Waals surface area contributed by atoms with Gasteiger partial charge in [0.15, 0.2) is 0 Å². The molecule has 1 aliphatic rings. The molecule has 4 heterocycles. The SMILES string of the molecule is Cn1cc(-c2ccc(Cn3cc(C(=O)N[C@H]4CCOC[C@@H]4O)c4ncncc4c3=O)c(F)c2)cn1. The van der Waals surface area contributed by atoms with Crippen LogP contribution in [0.5, 0.6) is 0 Å². The molecule has 35 heavy (non-hydrogen) atoms. The van der Waals surface area contributed by atoms with Crippen LogP contribution in [0.1, 0.15) is 22.3 Å². The van der Waals surface area contributed by atoms with E-state index < -0.39 is 29.4 Å². The molecule has 2 atom stereocenters. The molecule has 0 bridgehead atoms. The monoisotopic (exact) mass is 478 g/mol. The number of aryl methyl sites for hydroxylation is 1. The largest absolute Gasteiger partial charge is 0.389 e. The van der Waals surface area contributed by atoms with E-state index in [0.29, 0.717) is 18.6 Å². The summed E-state index contributed by atoms with van der Waals surface area (Å²) in [6, 6.07) is 4.26. The predicted molar refractivity (Wildman–Crippen MR) is 124 cm³/mol. The first kappa shape index (κ1) is 22.8. The molecule has 1 fully saturated rings. The quantitative estimate of drug-likeness (QED) is 0.443. The van der Waals surface area contributed by atoms with E-state index in [4.69, 9.17) is 4.74 Å². The van der Waals surface area contributed by atoms with Crippen molar-refractivity contribution in [2.75, 3.05) is 13.2 Å². The number of amides is 1. The van der Waals surface area contributed by atoms with Crippen LogP contribution in [0, 0.1) is 5.82 Å². The molecule has 4 aromatic rings. The highest BCUT2D eigenvalue weighted by Crippen LogP contribution is 2.22. The van der Waals surface area contributed by atoms with Crippen LogP contribution in [0.2, 0.25) is 0 Å². The zero-order valence-electron chi connectivity index (χ0n) is 18.9. The number of aliphatic hydroxyl groups is 1. The normalized spacial score (nSPS) is 18.0. The van der Waals surface area contributed by atoms with Gasteiger partial charge in [-0.05, 0) is 18.1 Å². The Hall–Kier alpha value is -3.96. The van der Waals surface area contributed by atoms with E-state index >= 15 is 0 Å². The number of carbonyl (C=O) groups excluding carboxylic acids is 1. The fraction of sp³-hybridized carbons (Fsp3) is 0.292. The molecular weight excluding hydrogens is 455 g/mol. The molecule has 180 valence electrons. The highest BCUT2D eigenvalue weighted by Gasteiger charge is 2.27. The number of halogens is 1. The topological polar surface area (TPSA) is 124 Å². The Morgan fingerprint density at radius 2 is 2.14 bits per heavy atom. The average molecular weight is 478 g/mol. The van der Waals surface area contributed by atoms with Crippen LogP contribution in [0.25, 0.3) is 22.0 Å². The number of nitrogens with one attached hydrogen (secondary N) is 1. The van der Waals surface area contributed by atoms with E-state index in [1.807, 2.05) is 0 Å². The molecule has 2 N–H and O–H groups in total. The van der Waals surface area contributed by atoms with Gasteiger partial charge in [-0.25, -0.2) is 14.4 Å². The second-order valence-corrected chi connectivity index (χ2v) is 8.48. The Bertz CT molecular complexity index is 1470. The summed E-state index contributed by atoms with van der Waals surface area (Å²) in [5.41, 5.74) is 1.59. The van der Waals surface area contributed by atoms with Gasteiger partial charge in [0.2, 0.25) is 0 Å². The van der Waals surface area contributed by atoms with Crippen LogP contribution >= 0.6 is 0 Å². The Morgan fingerprint density at radius 1 is 1.29 bits per heavy atom. The fourth-order valence-corrected chi connectivity index (χ4v) is 4.16. The molecule has 5 rings (SSSR count). The van der Waals surface area contributed by atoms with E-state index in [2.05, 4.69) is 20.4 Å². The lowest BCUT2D eigenvalue weighted by molar-refractivity contribution is -0.0260. The number of pyridine rings is 1. The molecule has 0 radical (unpaired) electrons. The molecule has 1 saturated heterocycles. The van der Waals surface area contributed by atoms with Crippen LogP contribution in [0.15, 0.2) is 54.1 Å². The van der Waals surface area contributed by atoms with Gasteiger partial charge in [0.25, 0.3) is 11.5 Å².